The van der Waals surface area contributed by atoms with Crippen LogP contribution in [0.4, 0.5) is 0 Å². The van der Waals surface area contributed by atoms with Crippen molar-refractivity contribution in [1.29, 1.82) is 0 Å². The molecule has 0 amide bonds. The number of rotatable bonds is 4. The first kappa shape index (κ1) is 56.6. The molecule has 0 bridgehead atoms. The van der Waals surface area contributed by atoms with Gasteiger partial charge in [0, 0.05) is 6.92 Å². The van der Waals surface area contributed by atoms with Crippen LogP contribution >= 0.6 is 0 Å². The second-order valence-electron chi connectivity index (χ2n) is 4.89. The molecule has 0 rings (SSSR count). The molecule has 2 unspecified atom stereocenters. The van der Waals surface area contributed by atoms with Gasteiger partial charge in [0.15, 0.2) is 0 Å². The van der Waals surface area contributed by atoms with Crippen molar-refractivity contribution >= 4 is 5.97 Å². The Kier molecular flexibility index (Phi) is 102. The topological polar surface area (TPSA) is 46.5 Å². The molecule has 0 heterocycles. The first-order valence-electron chi connectivity index (χ1n) is 7.06. The van der Waals surface area contributed by atoms with E-state index in [0.717, 1.165) is 18.8 Å². The summed E-state index contributed by atoms with van der Waals surface area (Å²) in [6, 6.07) is 0. The zero-order valence-corrected chi connectivity index (χ0v) is 13.6. The Morgan fingerprint density at radius 3 is 1.08 bits per heavy atom. The summed E-state index contributed by atoms with van der Waals surface area (Å²) in [4.78, 5) is 10.2. The molecule has 2 atom stereocenters. The highest BCUT2D eigenvalue weighted by Crippen LogP contribution is 1.94. The van der Waals surface area contributed by atoms with Crippen LogP contribution in [-0.4, -0.2) is 23.3 Å². The number of carbonyl (C=O) groups excluding carboxylic acids is 1. The summed E-state index contributed by atoms with van der Waals surface area (Å²) >= 11 is 0. The third-order valence-corrected chi connectivity index (χ3v) is 2.35. The van der Waals surface area contributed by atoms with Crippen LogP contribution < -0.4 is 0 Å². The van der Waals surface area contributed by atoms with Gasteiger partial charge in [0.25, 0.3) is 0 Å². The summed E-state index contributed by atoms with van der Waals surface area (Å²) in [5.41, 5.74) is 0. The zero-order chi connectivity index (χ0) is 15.1. The highest BCUT2D eigenvalue weighted by molar-refractivity contribution is 5.66. The monoisotopic (exact) mass is 358 g/mol. The maximum absolute atomic E-state index is 10.2. The Morgan fingerprint density at radius 1 is 0.792 bits per heavy atom. The van der Waals surface area contributed by atoms with Crippen molar-refractivity contribution in [2.24, 2.45) is 5.92 Å². The number of esters is 1. The lowest BCUT2D eigenvalue weighted by Crippen LogP contribution is -2.09. The average Bonchev–Trinajstić information content (AvgIpc) is 2.29. The second-order valence-corrected chi connectivity index (χ2v) is 4.89. The van der Waals surface area contributed by atoms with E-state index in [4.69, 9.17) is 9.84 Å². The van der Waals surface area contributed by atoms with E-state index < -0.39 is 0 Å². The number of ether oxygens (including phenoxy) is 1. The molecule has 0 saturated heterocycles. The van der Waals surface area contributed by atoms with Gasteiger partial charge in [-0.2, -0.15) is 0 Å². The molecule has 0 fully saturated rings. The molecule has 0 aromatic heterocycles. The standard InChI is InChI=1S/C6H12O2.C5H12.C4H10O.6CH4/c1-4-5(2)8-6(3)7;1-4-5(2)3;1-3-4(2)5;;;;;;/h5H,4H2,1-3H3;5H,4H2,1-3H3;4-5H,3H2,1-2H3;6*1H4. The van der Waals surface area contributed by atoms with E-state index in [9.17, 15) is 4.79 Å². The highest BCUT2D eigenvalue weighted by Gasteiger charge is 1.99. The molecule has 3 nitrogen and oxygen atoms in total. The summed E-state index contributed by atoms with van der Waals surface area (Å²) in [6.45, 7) is 15.6. The van der Waals surface area contributed by atoms with Gasteiger partial charge in [0.1, 0.15) is 0 Å². The summed E-state index contributed by atoms with van der Waals surface area (Å²) in [6.07, 6.45) is 3.02. The zero-order valence-electron chi connectivity index (χ0n) is 13.6. The molecule has 0 aliphatic rings. The van der Waals surface area contributed by atoms with E-state index in [0.29, 0.717) is 0 Å². The van der Waals surface area contributed by atoms with Gasteiger partial charge in [-0.15, -0.1) is 0 Å². The summed E-state index contributed by atoms with van der Waals surface area (Å²) in [5.74, 6) is 0.689. The number of carbonyl (C=O) groups is 1. The van der Waals surface area contributed by atoms with Crippen LogP contribution in [-0.2, 0) is 9.53 Å². The number of hydrogen-bond donors (Lipinski definition) is 1. The summed E-state index contributed by atoms with van der Waals surface area (Å²) < 4.78 is 4.76. The maximum atomic E-state index is 10.2. The normalized spacial score (nSPS) is 9.42. The molecule has 1 N–H and O–H groups in total. The van der Waals surface area contributed by atoms with Crippen LogP contribution in [0.5, 0.6) is 0 Å². The van der Waals surface area contributed by atoms with Crippen molar-refractivity contribution in [2.45, 2.75) is 131 Å². The Bertz CT molecular complexity index is 158. The number of hydrogen-bond acceptors (Lipinski definition) is 3. The molecule has 0 aromatic carbocycles. The molecule has 0 spiro atoms. The quantitative estimate of drug-likeness (QED) is 0.518. The molecule has 0 radical (unpaired) electrons. The molecule has 160 valence electrons. The molecule has 0 aromatic rings. The third kappa shape index (κ3) is 101. The van der Waals surface area contributed by atoms with Gasteiger partial charge in [-0.05, 0) is 32.6 Å². The number of aliphatic hydroxyl groups excluding tert-OH is 1. The van der Waals surface area contributed by atoms with Crippen LogP contribution in [0.3, 0.4) is 0 Å². The van der Waals surface area contributed by atoms with Gasteiger partial charge >= 0.3 is 5.97 Å². The van der Waals surface area contributed by atoms with E-state index in [-0.39, 0.29) is 62.7 Å². The fourth-order valence-electron chi connectivity index (χ4n) is 0.367. The molecular weight excluding hydrogens is 300 g/mol. The minimum Gasteiger partial charge on any atom is -0.463 e. The molecule has 0 aliphatic heterocycles. The van der Waals surface area contributed by atoms with E-state index in [1.54, 1.807) is 6.92 Å². The van der Waals surface area contributed by atoms with Gasteiger partial charge in [0.2, 0.25) is 0 Å². The van der Waals surface area contributed by atoms with Crippen LogP contribution in [0.25, 0.3) is 0 Å². The van der Waals surface area contributed by atoms with Gasteiger partial charge in [0.05, 0.1) is 12.2 Å². The lowest BCUT2D eigenvalue weighted by Gasteiger charge is -2.06. The van der Waals surface area contributed by atoms with Crippen LogP contribution in [0.2, 0.25) is 0 Å². The van der Waals surface area contributed by atoms with E-state index in [1.165, 1.54) is 13.3 Å². The fourth-order valence-corrected chi connectivity index (χ4v) is 0.367. The Labute approximate surface area is 158 Å². The van der Waals surface area contributed by atoms with Crippen LogP contribution in [0.15, 0.2) is 0 Å². The minimum absolute atomic E-state index is 0. The van der Waals surface area contributed by atoms with Crippen molar-refractivity contribution in [3.63, 3.8) is 0 Å². The van der Waals surface area contributed by atoms with Crippen molar-refractivity contribution in [3.8, 4) is 0 Å². The lowest BCUT2D eigenvalue weighted by molar-refractivity contribution is -0.145. The van der Waals surface area contributed by atoms with Gasteiger partial charge in [-0.3, -0.25) is 4.79 Å². The largest absolute Gasteiger partial charge is 0.463 e. The predicted octanol–water partition coefficient (Wildman–Crippen LogP) is 7.99. The Morgan fingerprint density at radius 2 is 1.04 bits per heavy atom. The Balaban J connectivity index is -0.0000000184. The SMILES string of the molecule is C.C.C.C.C.C.CCC(C)C.CCC(C)O.CCC(C)OC(C)=O. The van der Waals surface area contributed by atoms with Gasteiger partial charge in [-0.25, -0.2) is 0 Å². The molecule has 3 heteroatoms. The van der Waals surface area contributed by atoms with Gasteiger partial charge < -0.3 is 9.84 Å². The fraction of sp³-hybridized carbons (Fsp3) is 0.952. The van der Waals surface area contributed by atoms with E-state index in [2.05, 4.69) is 20.8 Å². The van der Waals surface area contributed by atoms with Crippen molar-refractivity contribution < 1.29 is 14.6 Å². The molecule has 0 saturated carbocycles. The smallest absolute Gasteiger partial charge is 0.302 e. The molecule has 24 heavy (non-hydrogen) atoms. The van der Waals surface area contributed by atoms with Gasteiger partial charge in [-0.1, -0.05) is 85.6 Å². The van der Waals surface area contributed by atoms with Crippen molar-refractivity contribution in [2.75, 3.05) is 0 Å². The second kappa shape index (κ2) is 43.3. The van der Waals surface area contributed by atoms with E-state index >= 15 is 0 Å². The third-order valence-electron chi connectivity index (χ3n) is 2.35. The molecule has 0 aliphatic carbocycles. The maximum Gasteiger partial charge on any atom is 0.302 e. The lowest BCUT2D eigenvalue weighted by atomic mass is 10.2. The van der Waals surface area contributed by atoms with E-state index in [1.807, 2.05) is 20.8 Å². The van der Waals surface area contributed by atoms with Crippen molar-refractivity contribution in [3.05, 3.63) is 0 Å². The minimum atomic E-state index is -0.195. The first-order chi connectivity index (χ1) is 8.20. The Hall–Kier alpha value is -0.570. The first-order valence-corrected chi connectivity index (χ1v) is 7.06. The van der Waals surface area contributed by atoms with Crippen molar-refractivity contribution in [1.82, 2.24) is 0 Å². The highest BCUT2D eigenvalue weighted by atomic mass is 16.5. The summed E-state index contributed by atoms with van der Waals surface area (Å²) in [7, 11) is 0. The van der Waals surface area contributed by atoms with Crippen LogP contribution in [0, 0.1) is 5.92 Å². The number of aliphatic hydroxyl groups is 1. The van der Waals surface area contributed by atoms with Crippen LogP contribution in [0.1, 0.15) is 119 Å². The predicted molar refractivity (Wildman–Crippen MR) is 119 cm³/mol. The summed E-state index contributed by atoms with van der Waals surface area (Å²) in [5, 5.41) is 8.36. The average molecular weight is 359 g/mol. The molecular formula is C21H58O3.